The van der Waals surface area contributed by atoms with E-state index in [0.29, 0.717) is 11.8 Å². The van der Waals surface area contributed by atoms with E-state index in [9.17, 15) is 14.4 Å². The van der Waals surface area contributed by atoms with Crippen LogP contribution in [0.5, 0.6) is 0 Å². The lowest BCUT2D eigenvalue weighted by atomic mass is 9.93. The molecular weight excluding hydrogens is 244 g/mol. The molecule has 0 spiro atoms. The highest BCUT2D eigenvalue weighted by molar-refractivity contribution is 6.00. The third kappa shape index (κ3) is 4.17. The largest absolute Gasteiger partial charge is 0.466 e. The molecule has 0 fully saturated rings. The van der Waals surface area contributed by atoms with Crippen LogP contribution in [0.25, 0.3) is 0 Å². The number of Topliss-reactive ketones (excluding diaryl/α,β-unsaturated/α-hetero) is 1. The number of rotatable bonds is 7. The van der Waals surface area contributed by atoms with E-state index in [1.165, 1.54) is 0 Å². The van der Waals surface area contributed by atoms with Crippen molar-refractivity contribution >= 4 is 18.0 Å². The van der Waals surface area contributed by atoms with Crippen LogP contribution in [-0.2, 0) is 14.3 Å². The van der Waals surface area contributed by atoms with Crippen molar-refractivity contribution in [1.29, 1.82) is 0 Å². The van der Waals surface area contributed by atoms with Gasteiger partial charge in [-0.05, 0) is 12.5 Å². The minimum absolute atomic E-state index is 0.0581. The van der Waals surface area contributed by atoms with Gasteiger partial charge >= 0.3 is 5.97 Å². The molecule has 4 heteroatoms. The molecule has 0 aliphatic rings. The van der Waals surface area contributed by atoms with Gasteiger partial charge in [0.15, 0.2) is 5.78 Å². The maximum atomic E-state index is 12.0. The first-order valence-electron chi connectivity index (χ1n) is 5.99. The first-order chi connectivity index (χ1) is 9.10. The van der Waals surface area contributed by atoms with E-state index in [4.69, 9.17) is 4.74 Å². The zero-order valence-corrected chi connectivity index (χ0v) is 10.8. The summed E-state index contributed by atoms with van der Waals surface area (Å²) >= 11 is 0. The summed E-state index contributed by atoms with van der Waals surface area (Å²) in [4.78, 5) is 34.5. The Labute approximate surface area is 112 Å². The maximum absolute atomic E-state index is 12.0. The second kappa shape index (κ2) is 7.26. The Morgan fingerprint density at radius 3 is 2.47 bits per heavy atom. The van der Waals surface area contributed by atoms with E-state index in [-0.39, 0.29) is 24.4 Å². The molecule has 1 rings (SSSR count). The Morgan fingerprint density at radius 1 is 1.32 bits per heavy atom. The number of benzene rings is 1. The van der Waals surface area contributed by atoms with Crippen LogP contribution in [0.4, 0.5) is 0 Å². The monoisotopic (exact) mass is 260 g/mol. The molecule has 100 valence electrons. The lowest BCUT2D eigenvalue weighted by molar-refractivity contribution is -0.147. The molecule has 0 N–H and O–H groups in total. The van der Waals surface area contributed by atoms with Crippen LogP contribution in [-0.4, -0.2) is 24.6 Å². The van der Waals surface area contributed by atoms with Gasteiger partial charge in [-0.15, -0.1) is 0 Å². The van der Waals surface area contributed by atoms with E-state index < -0.39 is 11.9 Å². The Bertz CT molecular complexity index is 476. The average molecular weight is 260 g/mol. The molecule has 0 bridgehead atoms. The highest BCUT2D eigenvalue weighted by Gasteiger charge is 2.26. The highest BCUT2D eigenvalue weighted by Crippen LogP contribution is 2.17. The Morgan fingerprint density at radius 2 is 1.95 bits per heavy atom. The van der Waals surface area contributed by atoms with Crippen LogP contribution < -0.4 is 0 Å². The molecule has 1 atom stereocenters. The fourth-order valence-electron chi connectivity index (χ4n) is 1.62. The van der Waals surface area contributed by atoms with Crippen LogP contribution in [0.3, 0.4) is 0 Å². The predicted octanol–water partition coefficient (Wildman–Crippen LogP) is 2.19. The summed E-state index contributed by atoms with van der Waals surface area (Å²) in [5.41, 5.74) is 0.554. The van der Waals surface area contributed by atoms with Crippen molar-refractivity contribution in [3.8, 4) is 0 Å². The van der Waals surface area contributed by atoms with Gasteiger partial charge < -0.3 is 4.74 Å². The highest BCUT2D eigenvalue weighted by atomic mass is 16.5. The number of hydrogen-bond acceptors (Lipinski definition) is 4. The van der Waals surface area contributed by atoms with Gasteiger partial charge in [0.05, 0.1) is 12.5 Å². The molecule has 0 unspecified atom stereocenters. The van der Waals surface area contributed by atoms with Crippen LogP contribution >= 0.6 is 0 Å². The van der Waals surface area contributed by atoms with Crippen molar-refractivity contribution in [1.82, 2.24) is 0 Å². The lowest BCUT2D eigenvalue weighted by Gasteiger charge is -2.13. The maximum Gasteiger partial charge on any atom is 0.313 e. The molecule has 0 heterocycles. The van der Waals surface area contributed by atoms with Gasteiger partial charge in [0.2, 0.25) is 0 Å². The first kappa shape index (κ1) is 14.8. The van der Waals surface area contributed by atoms with E-state index in [2.05, 4.69) is 6.58 Å². The van der Waals surface area contributed by atoms with Crippen LogP contribution in [0.1, 0.15) is 23.7 Å². The molecule has 0 amide bonds. The van der Waals surface area contributed by atoms with Gasteiger partial charge in [0.25, 0.3) is 0 Å². The van der Waals surface area contributed by atoms with E-state index in [1.54, 1.807) is 37.3 Å². The van der Waals surface area contributed by atoms with Gasteiger partial charge in [-0.1, -0.05) is 36.9 Å². The smallest absolute Gasteiger partial charge is 0.313 e. The van der Waals surface area contributed by atoms with E-state index >= 15 is 0 Å². The lowest BCUT2D eigenvalue weighted by Crippen LogP contribution is -2.23. The standard InChI is InChI=1S/C15H16O4/c1-3-19-15(18)13(11(2)10-16)9-14(17)12-7-5-4-6-8-12/h4-8,10,13H,2-3,9H2,1H3/t13-/m0/s1. The van der Waals surface area contributed by atoms with Gasteiger partial charge in [-0.25, -0.2) is 0 Å². The zero-order chi connectivity index (χ0) is 14.3. The van der Waals surface area contributed by atoms with Crippen molar-refractivity contribution in [2.24, 2.45) is 5.92 Å². The molecular formula is C15H16O4. The molecule has 0 aromatic heterocycles. The number of esters is 1. The van der Waals surface area contributed by atoms with E-state index in [1.807, 2.05) is 0 Å². The number of carbonyl (C=O) groups is 3. The van der Waals surface area contributed by atoms with Gasteiger partial charge in [0.1, 0.15) is 6.29 Å². The second-order valence-electron chi connectivity index (χ2n) is 3.99. The van der Waals surface area contributed by atoms with Crippen molar-refractivity contribution in [2.45, 2.75) is 13.3 Å². The summed E-state index contributed by atoms with van der Waals surface area (Å²) < 4.78 is 4.85. The summed E-state index contributed by atoms with van der Waals surface area (Å²) in [6, 6.07) is 8.59. The minimum atomic E-state index is -0.912. The summed E-state index contributed by atoms with van der Waals surface area (Å²) in [5, 5.41) is 0. The van der Waals surface area contributed by atoms with Gasteiger partial charge in [-0.3, -0.25) is 14.4 Å². The predicted molar refractivity (Wildman–Crippen MR) is 70.7 cm³/mol. The average Bonchev–Trinajstić information content (AvgIpc) is 2.44. The molecule has 0 saturated carbocycles. The number of ketones is 1. The third-order valence-corrected chi connectivity index (χ3v) is 2.66. The summed E-state index contributed by atoms with van der Waals surface area (Å²) in [6.07, 6.45) is 0.375. The fourth-order valence-corrected chi connectivity index (χ4v) is 1.62. The Balaban J connectivity index is 2.83. The molecule has 4 nitrogen and oxygen atoms in total. The Hall–Kier alpha value is -2.23. The van der Waals surface area contributed by atoms with Gasteiger partial charge in [-0.2, -0.15) is 0 Å². The molecule has 0 aliphatic heterocycles. The van der Waals surface area contributed by atoms with Crippen LogP contribution in [0, 0.1) is 5.92 Å². The zero-order valence-electron chi connectivity index (χ0n) is 10.8. The number of carbonyl (C=O) groups excluding carboxylic acids is 3. The third-order valence-electron chi connectivity index (χ3n) is 2.66. The summed E-state index contributed by atoms with van der Waals surface area (Å²) in [5.74, 6) is -1.73. The number of hydrogen-bond donors (Lipinski definition) is 0. The topological polar surface area (TPSA) is 60.4 Å². The second-order valence-corrected chi connectivity index (χ2v) is 3.99. The normalized spacial score (nSPS) is 11.4. The minimum Gasteiger partial charge on any atom is -0.466 e. The van der Waals surface area contributed by atoms with Crippen LogP contribution in [0.15, 0.2) is 42.5 Å². The van der Waals surface area contributed by atoms with Crippen molar-refractivity contribution in [2.75, 3.05) is 6.61 Å². The summed E-state index contributed by atoms with van der Waals surface area (Å²) in [6.45, 7) is 5.36. The molecule has 1 aromatic carbocycles. The molecule has 0 radical (unpaired) electrons. The van der Waals surface area contributed by atoms with E-state index in [0.717, 1.165) is 0 Å². The number of ether oxygens (including phenoxy) is 1. The SMILES string of the molecule is C=C(C=O)[C@H](CC(=O)c1ccccc1)C(=O)OCC. The summed E-state index contributed by atoms with van der Waals surface area (Å²) in [7, 11) is 0. The van der Waals surface area contributed by atoms with Gasteiger partial charge in [0, 0.05) is 12.0 Å². The van der Waals surface area contributed by atoms with Crippen molar-refractivity contribution < 1.29 is 19.1 Å². The Kier molecular flexibility index (Phi) is 5.67. The molecule has 0 aliphatic carbocycles. The first-order valence-corrected chi connectivity index (χ1v) is 5.99. The van der Waals surface area contributed by atoms with Crippen LogP contribution in [0.2, 0.25) is 0 Å². The quantitative estimate of drug-likeness (QED) is 0.326. The molecule has 1 aromatic rings. The molecule has 0 saturated heterocycles. The van der Waals surface area contributed by atoms with Crippen molar-refractivity contribution in [3.63, 3.8) is 0 Å². The fraction of sp³-hybridized carbons (Fsp3) is 0.267. The number of aldehydes is 1. The van der Waals surface area contributed by atoms with Crippen molar-refractivity contribution in [3.05, 3.63) is 48.0 Å². The molecule has 19 heavy (non-hydrogen) atoms.